The molecule has 9 nitrogen and oxygen atoms in total. The van der Waals surface area contributed by atoms with E-state index in [2.05, 4.69) is 48.2 Å². The number of amides is 4. The van der Waals surface area contributed by atoms with E-state index in [1.54, 1.807) is 22.7 Å². The van der Waals surface area contributed by atoms with Crippen LogP contribution in [0.5, 0.6) is 11.5 Å². The van der Waals surface area contributed by atoms with E-state index in [0.717, 1.165) is 18.7 Å². The van der Waals surface area contributed by atoms with E-state index in [0.29, 0.717) is 35.5 Å². The van der Waals surface area contributed by atoms with Gasteiger partial charge in [-0.15, -0.1) is 22.7 Å². The second-order valence-corrected chi connectivity index (χ2v) is 13.1. The first-order chi connectivity index (χ1) is 20.2. The zero-order valence-electron chi connectivity index (χ0n) is 21.7. The van der Waals surface area contributed by atoms with Gasteiger partial charge < -0.3 is 20.5 Å². The van der Waals surface area contributed by atoms with Gasteiger partial charge in [0.05, 0.1) is 12.0 Å². The first-order valence-corrected chi connectivity index (χ1v) is 15.9. The fourth-order valence-corrected chi connectivity index (χ4v) is 7.14. The minimum absolute atomic E-state index is 0.129. The van der Waals surface area contributed by atoms with E-state index in [-0.39, 0.29) is 30.3 Å². The zero-order valence-corrected chi connectivity index (χ0v) is 26.5. The highest BCUT2D eigenvalue weighted by atomic mass is 79.9. The van der Waals surface area contributed by atoms with Crippen LogP contribution in [0.4, 0.5) is 4.79 Å². The van der Waals surface area contributed by atoms with Crippen LogP contribution in [0, 0.1) is 0 Å². The molecule has 3 aliphatic heterocycles. The summed E-state index contributed by atoms with van der Waals surface area (Å²) >= 11 is 9.97. The molecule has 42 heavy (non-hydrogen) atoms. The number of benzene rings is 2. The Labute approximate surface area is 265 Å². The fraction of sp³-hybridized carbons (Fsp3) is 0.172. The van der Waals surface area contributed by atoms with Crippen molar-refractivity contribution in [2.24, 2.45) is 5.73 Å². The summed E-state index contributed by atoms with van der Waals surface area (Å²) in [5.41, 5.74) is 4.44. The highest BCUT2D eigenvalue weighted by Crippen LogP contribution is 2.47. The molecule has 0 saturated carbocycles. The van der Waals surface area contributed by atoms with Gasteiger partial charge in [0.1, 0.15) is 23.7 Å². The van der Waals surface area contributed by atoms with Crippen LogP contribution in [0.15, 0.2) is 80.4 Å². The van der Waals surface area contributed by atoms with Crippen LogP contribution in [-0.4, -0.2) is 24.1 Å². The maximum atomic E-state index is 12.5. The lowest BCUT2D eigenvalue weighted by molar-refractivity contribution is -0.126. The Hall–Kier alpha value is -3.52. The van der Waals surface area contributed by atoms with E-state index in [9.17, 15) is 14.4 Å². The van der Waals surface area contributed by atoms with Crippen LogP contribution in [0.2, 0.25) is 0 Å². The summed E-state index contributed by atoms with van der Waals surface area (Å²) in [6, 6.07) is 18.5. The van der Waals surface area contributed by atoms with Crippen LogP contribution >= 0.6 is 54.5 Å². The summed E-state index contributed by atoms with van der Waals surface area (Å²) < 4.78 is 13.7. The number of halogens is 2. The molecule has 4 N–H and O–H groups in total. The third-order valence-corrected chi connectivity index (χ3v) is 9.62. The number of nitrogens with two attached hydrogens (primary N) is 1. The Kier molecular flexibility index (Phi) is 9.11. The molecule has 0 radical (unpaired) electrons. The second-order valence-electron chi connectivity index (χ2n) is 9.31. The van der Waals surface area contributed by atoms with Gasteiger partial charge in [0.25, 0.3) is 5.91 Å². The molecule has 7 rings (SSSR count). The molecule has 1 saturated heterocycles. The van der Waals surface area contributed by atoms with Crippen LogP contribution in [0.1, 0.15) is 50.7 Å². The lowest BCUT2D eigenvalue weighted by Crippen LogP contribution is -2.48. The molecule has 3 unspecified atom stereocenters. The van der Waals surface area contributed by atoms with Crippen LogP contribution in [-0.2, 0) is 15.1 Å². The zero-order chi connectivity index (χ0) is 29.9. The van der Waals surface area contributed by atoms with Gasteiger partial charge in [-0.25, -0.2) is 4.79 Å². The van der Waals surface area contributed by atoms with Crippen molar-refractivity contribution >= 4 is 78.7 Å². The van der Waals surface area contributed by atoms with E-state index >= 15 is 0 Å². The number of fused-ring (bicyclic) bond motifs is 3. The topological polar surface area (TPSA) is 137 Å². The number of hydrogen-bond donors (Lipinski definition) is 3. The van der Waals surface area contributed by atoms with Gasteiger partial charge in [-0.05, 0) is 59.3 Å². The Morgan fingerprint density at radius 1 is 0.881 bits per heavy atom. The summed E-state index contributed by atoms with van der Waals surface area (Å²) in [6.07, 6.45) is 0.646. The Morgan fingerprint density at radius 3 is 2.07 bits per heavy atom. The van der Waals surface area contributed by atoms with Gasteiger partial charge in [0.2, 0.25) is 6.41 Å². The lowest BCUT2D eigenvalue weighted by atomic mass is 9.81. The Bertz CT molecular complexity index is 1630. The largest absolute Gasteiger partial charge is 0.484 e. The number of imide groups is 1. The molecule has 2 aromatic heterocycles. The number of rotatable bonds is 2. The number of thiophene rings is 2. The third kappa shape index (κ3) is 6.14. The number of urea groups is 1. The lowest BCUT2D eigenvalue weighted by Gasteiger charge is -2.37. The van der Waals surface area contributed by atoms with Crippen molar-refractivity contribution in [1.29, 1.82) is 0 Å². The number of carbonyl (C=O) groups excluding carboxylic acids is 4. The first-order valence-electron chi connectivity index (χ1n) is 12.6. The summed E-state index contributed by atoms with van der Waals surface area (Å²) in [7, 11) is 0. The average Bonchev–Trinajstić information content (AvgIpc) is 3.73. The summed E-state index contributed by atoms with van der Waals surface area (Å²) in [4.78, 5) is 47.0. The van der Waals surface area contributed by atoms with Gasteiger partial charge >= 0.3 is 6.03 Å². The SMILES string of the molecule is NC=O.O=C1CC(c2cccs2)Oc2ccc(Br)cc21.O=C1NC(=O)C2(CC(c3cccs3)Oc3ccc(Br)cc32)N1. The van der Waals surface area contributed by atoms with Crippen molar-refractivity contribution in [2.45, 2.75) is 30.6 Å². The van der Waals surface area contributed by atoms with Crippen molar-refractivity contribution in [3.8, 4) is 11.5 Å². The molecule has 0 aliphatic carbocycles. The molecule has 4 aromatic rings. The third-order valence-electron chi connectivity index (χ3n) is 6.71. The molecule has 3 atom stereocenters. The summed E-state index contributed by atoms with van der Waals surface area (Å²) in [5.74, 6) is 1.11. The molecular weight excluding hydrogens is 710 g/mol. The quantitative estimate of drug-likeness (QED) is 0.162. The van der Waals surface area contributed by atoms with Crippen molar-refractivity contribution in [2.75, 3.05) is 0 Å². The van der Waals surface area contributed by atoms with Gasteiger partial charge in [0.15, 0.2) is 11.3 Å². The fourth-order valence-electron chi connectivity index (χ4n) is 4.91. The monoisotopic (exact) mass is 731 g/mol. The van der Waals surface area contributed by atoms with Crippen molar-refractivity contribution in [3.05, 3.63) is 101 Å². The molecule has 5 heterocycles. The molecule has 1 spiro atoms. The second kappa shape index (κ2) is 12.8. The molecule has 2 aromatic carbocycles. The molecular formula is C29H23Br2N3O6S2. The van der Waals surface area contributed by atoms with E-state index in [1.807, 2.05) is 71.4 Å². The van der Waals surface area contributed by atoms with Gasteiger partial charge in [-0.2, -0.15) is 0 Å². The minimum Gasteiger partial charge on any atom is -0.484 e. The number of nitrogens with one attached hydrogen (secondary N) is 2. The Morgan fingerprint density at radius 2 is 1.48 bits per heavy atom. The standard InChI is InChI=1S/C15H11BrN2O3S.C13H9BrO2S.CH3NO/c16-8-3-4-10-9(6-8)15(13(19)17-14(20)18-15)7-11(21-10)12-2-1-5-22-12;14-8-3-4-11-9(6-8)10(15)7-12(16-11)13-2-1-5-17-13;2-1-3/h1-6,11H,7H2,(H2,17,18,19,20);1-6,12H,7H2;1H,(H2,2,3). The number of primary amides is 1. The van der Waals surface area contributed by atoms with E-state index in [4.69, 9.17) is 14.3 Å². The average molecular weight is 733 g/mol. The van der Waals surface area contributed by atoms with Gasteiger partial charge in [0, 0.05) is 30.7 Å². The maximum Gasteiger partial charge on any atom is 0.322 e. The summed E-state index contributed by atoms with van der Waals surface area (Å²) in [5, 5.41) is 9.11. The van der Waals surface area contributed by atoms with Crippen LogP contribution in [0.25, 0.3) is 0 Å². The molecule has 3 aliphatic rings. The number of Topliss-reactive ketones (excluding diaryl/α,β-unsaturated/α-hetero) is 1. The maximum absolute atomic E-state index is 12.5. The number of ketones is 1. The smallest absolute Gasteiger partial charge is 0.322 e. The van der Waals surface area contributed by atoms with E-state index < -0.39 is 11.6 Å². The molecule has 13 heteroatoms. The molecule has 1 fully saturated rings. The van der Waals surface area contributed by atoms with Crippen molar-refractivity contribution < 1.29 is 28.7 Å². The normalized spacial score (nSPS) is 21.6. The highest BCUT2D eigenvalue weighted by Gasteiger charge is 2.53. The molecule has 4 amide bonds. The van der Waals surface area contributed by atoms with Crippen LogP contribution < -0.4 is 25.8 Å². The number of carbonyl (C=O) groups is 4. The number of ether oxygens (including phenoxy) is 2. The molecule has 0 bridgehead atoms. The first kappa shape index (κ1) is 30.0. The number of hydrogen-bond acceptors (Lipinski definition) is 8. The minimum atomic E-state index is -1.08. The predicted molar refractivity (Wildman–Crippen MR) is 166 cm³/mol. The molecule has 216 valence electrons. The highest BCUT2D eigenvalue weighted by molar-refractivity contribution is 9.10. The van der Waals surface area contributed by atoms with Gasteiger partial charge in [-0.1, -0.05) is 44.0 Å². The van der Waals surface area contributed by atoms with Crippen molar-refractivity contribution in [1.82, 2.24) is 10.6 Å². The van der Waals surface area contributed by atoms with Crippen LogP contribution in [0.3, 0.4) is 0 Å². The summed E-state index contributed by atoms with van der Waals surface area (Å²) in [6.45, 7) is 0. The van der Waals surface area contributed by atoms with E-state index in [1.165, 1.54) is 0 Å². The van der Waals surface area contributed by atoms with Crippen molar-refractivity contribution in [3.63, 3.8) is 0 Å². The Balaban J connectivity index is 0.000000158. The van der Waals surface area contributed by atoms with Gasteiger partial charge in [-0.3, -0.25) is 19.7 Å². The predicted octanol–water partition coefficient (Wildman–Crippen LogP) is 6.39.